The number of fused-ring (bicyclic) bond motifs is 1. The van der Waals surface area contributed by atoms with Gasteiger partial charge < -0.3 is 10.2 Å². The smallest absolute Gasteiger partial charge is 0.321 e. The fourth-order valence-electron chi connectivity index (χ4n) is 3.99. The van der Waals surface area contributed by atoms with Crippen molar-refractivity contribution in [2.24, 2.45) is 0 Å². The highest BCUT2D eigenvalue weighted by Gasteiger charge is 2.25. The number of hydrogen-bond donors (Lipinski definition) is 1. The van der Waals surface area contributed by atoms with Gasteiger partial charge in [-0.2, -0.15) is 0 Å². The first-order valence-electron chi connectivity index (χ1n) is 9.72. The van der Waals surface area contributed by atoms with E-state index in [1.54, 1.807) is 34.0 Å². The zero-order valence-corrected chi connectivity index (χ0v) is 17.2. The zero-order chi connectivity index (χ0) is 20.5. The molecule has 6 nitrogen and oxygen atoms in total. The molecule has 0 bridgehead atoms. The number of likely N-dealkylation sites (tertiary alicyclic amines) is 1. The number of urea groups is 1. The SMILES string of the molecule is Cc1cc(C)cc(NC(=O)N2CCC(n3cnc4c(Cl)cccc4c3=O)CC2)c1. The van der Waals surface area contributed by atoms with E-state index in [-0.39, 0.29) is 17.6 Å². The van der Waals surface area contributed by atoms with E-state index >= 15 is 0 Å². The molecule has 0 saturated carbocycles. The monoisotopic (exact) mass is 410 g/mol. The number of halogens is 1. The van der Waals surface area contributed by atoms with E-state index in [9.17, 15) is 9.59 Å². The van der Waals surface area contributed by atoms with E-state index in [0.29, 0.717) is 41.9 Å². The third-order valence-corrected chi connectivity index (χ3v) is 5.69. The van der Waals surface area contributed by atoms with E-state index in [2.05, 4.69) is 16.4 Å². The van der Waals surface area contributed by atoms with Gasteiger partial charge in [0.25, 0.3) is 5.56 Å². The van der Waals surface area contributed by atoms with Crippen LogP contribution < -0.4 is 10.9 Å². The Morgan fingerprint density at radius 3 is 2.52 bits per heavy atom. The molecule has 1 aromatic heterocycles. The van der Waals surface area contributed by atoms with Gasteiger partial charge in [-0.05, 0) is 62.1 Å². The summed E-state index contributed by atoms with van der Waals surface area (Å²) in [6.45, 7) is 5.19. The van der Waals surface area contributed by atoms with Gasteiger partial charge in [0.2, 0.25) is 0 Å². The largest absolute Gasteiger partial charge is 0.324 e. The molecule has 0 atom stereocenters. The van der Waals surface area contributed by atoms with Gasteiger partial charge in [-0.15, -0.1) is 0 Å². The number of benzene rings is 2. The second-order valence-corrected chi connectivity index (χ2v) is 8.02. The lowest BCUT2D eigenvalue weighted by Crippen LogP contribution is -2.42. The number of para-hydroxylation sites is 1. The Labute approximate surface area is 174 Å². The number of aromatic nitrogens is 2. The molecule has 2 heterocycles. The van der Waals surface area contributed by atoms with Crippen LogP contribution in [0.25, 0.3) is 10.9 Å². The maximum absolute atomic E-state index is 12.9. The average molecular weight is 411 g/mol. The Kier molecular flexibility index (Phi) is 5.28. The Bertz CT molecular complexity index is 1110. The van der Waals surface area contributed by atoms with E-state index in [0.717, 1.165) is 16.8 Å². The molecule has 0 spiro atoms. The van der Waals surface area contributed by atoms with E-state index in [4.69, 9.17) is 11.6 Å². The molecule has 4 rings (SSSR count). The summed E-state index contributed by atoms with van der Waals surface area (Å²) >= 11 is 6.15. The fourth-order valence-corrected chi connectivity index (χ4v) is 4.21. The third-order valence-electron chi connectivity index (χ3n) is 5.38. The topological polar surface area (TPSA) is 67.2 Å². The van der Waals surface area contributed by atoms with E-state index in [1.807, 2.05) is 26.0 Å². The summed E-state index contributed by atoms with van der Waals surface area (Å²) in [7, 11) is 0. The van der Waals surface area contributed by atoms with Gasteiger partial charge in [-0.25, -0.2) is 9.78 Å². The molecule has 2 aromatic carbocycles. The summed E-state index contributed by atoms with van der Waals surface area (Å²) in [6.07, 6.45) is 2.98. The number of anilines is 1. The molecule has 1 aliphatic heterocycles. The van der Waals surface area contributed by atoms with Gasteiger partial charge in [0, 0.05) is 24.8 Å². The highest BCUT2D eigenvalue weighted by molar-refractivity contribution is 6.34. The number of aryl methyl sites for hydroxylation is 2. The van der Waals surface area contributed by atoms with Crippen LogP contribution in [0.2, 0.25) is 5.02 Å². The number of amides is 2. The molecule has 1 aliphatic rings. The first-order valence-corrected chi connectivity index (χ1v) is 10.1. The molecule has 2 amide bonds. The summed E-state index contributed by atoms with van der Waals surface area (Å²) in [4.78, 5) is 31.7. The van der Waals surface area contributed by atoms with Gasteiger partial charge in [0.1, 0.15) is 0 Å². The highest BCUT2D eigenvalue weighted by Crippen LogP contribution is 2.24. The van der Waals surface area contributed by atoms with Crippen molar-refractivity contribution in [3.05, 3.63) is 69.2 Å². The molecule has 1 N–H and O–H groups in total. The Morgan fingerprint density at radius 2 is 1.83 bits per heavy atom. The van der Waals surface area contributed by atoms with Gasteiger partial charge in [-0.1, -0.05) is 23.7 Å². The van der Waals surface area contributed by atoms with E-state index < -0.39 is 0 Å². The second kappa shape index (κ2) is 7.87. The van der Waals surface area contributed by atoms with Crippen molar-refractivity contribution < 1.29 is 4.79 Å². The molecule has 1 saturated heterocycles. The van der Waals surface area contributed by atoms with Crippen molar-refractivity contribution >= 4 is 34.2 Å². The zero-order valence-electron chi connectivity index (χ0n) is 16.5. The molecule has 0 radical (unpaired) electrons. The lowest BCUT2D eigenvalue weighted by molar-refractivity contribution is 0.182. The Balaban J connectivity index is 1.45. The Hall–Kier alpha value is -2.86. The summed E-state index contributed by atoms with van der Waals surface area (Å²) in [5.41, 5.74) is 3.47. The van der Waals surface area contributed by atoms with E-state index in [1.165, 1.54) is 0 Å². The van der Waals surface area contributed by atoms with Crippen LogP contribution in [0.3, 0.4) is 0 Å². The number of carbonyl (C=O) groups excluding carboxylic acids is 1. The third kappa shape index (κ3) is 3.98. The molecule has 1 fully saturated rings. The number of nitrogens with zero attached hydrogens (tertiary/aromatic N) is 3. The minimum atomic E-state index is -0.107. The first-order chi connectivity index (χ1) is 13.9. The predicted molar refractivity (Wildman–Crippen MR) is 116 cm³/mol. The van der Waals surface area contributed by atoms with Crippen molar-refractivity contribution in [3.8, 4) is 0 Å². The van der Waals surface area contributed by atoms with Gasteiger partial charge in [-0.3, -0.25) is 9.36 Å². The summed E-state index contributed by atoms with van der Waals surface area (Å²) in [5.74, 6) is 0. The van der Waals surface area contributed by atoms with Crippen molar-refractivity contribution in [3.63, 3.8) is 0 Å². The fraction of sp³-hybridized carbons (Fsp3) is 0.318. The summed E-state index contributed by atoms with van der Waals surface area (Å²) in [5, 5.41) is 3.98. The molecular formula is C22H23ClN4O2. The molecular weight excluding hydrogens is 388 g/mol. The number of nitrogens with one attached hydrogen (secondary N) is 1. The maximum atomic E-state index is 12.9. The minimum absolute atomic E-state index is 0.0173. The van der Waals surface area contributed by atoms with Gasteiger partial charge in [0.05, 0.1) is 22.3 Å². The van der Waals surface area contributed by atoms with Crippen LogP contribution in [0.1, 0.15) is 30.0 Å². The van der Waals surface area contributed by atoms with Crippen LogP contribution in [-0.2, 0) is 0 Å². The Morgan fingerprint density at radius 1 is 1.14 bits per heavy atom. The predicted octanol–water partition coefficient (Wildman–Crippen LogP) is 4.54. The van der Waals surface area contributed by atoms with Crippen LogP contribution in [0.5, 0.6) is 0 Å². The molecule has 0 unspecified atom stereocenters. The molecule has 150 valence electrons. The van der Waals surface area contributed by atoms with Gasteiger partial charge >= 0.3 is 6.03 Å². The van der Waals surface area contributed by atoms with Gasteiger partial charge in [0.15, 0.2) is 0 Å². The normalized spacial score (nSPS) is 14.9. The number of carbonyl (C=O) groups is 1. The lowest BCUT2D eigenvalue weighted by atomic mass is 10.0. The molecule has 29 heavy (non-hydrogen) atoms. The van der Waals surface area contributed by atoms with Crippen LogP contribution in [0.4, 0.5) is 10.5 Å². The summed E-state index contributed by atoms with van der Waals surface area (Å²) in [6, 6.07) is 11.1. The van der Waals surface area contributed by atoms with Crippen molar-refractivity contribution in [1.82, 2.24) is 14.5 Å². The van der Waals surface area contributed by atoms with Crippen LogP contribution in [0, 0.1) is 13.8 Å². The number of rotatable bonds is 2. The van der Waals surface area contributed by atoms with Crippen molar-refractivity contribution in [1.29, 1.82) is 0 Å². The quantitative estimate of drug-likeness (QED) is 0.674. The lowest BCUT2D eigenvalue weighted by Gasteiger charge is -2.32. The van der Waals surface area contributed by atoms with Crippen LogP contribution >= 0.6 is 11.6 Å². The molecule has 3 aromatic rings. The minimum Gasteiger partial charge on any atom is -0.324 e. The number of piperidine rings is 1. The average Bonchev–Trinajstić information content (AvgIpc) is 2.68. The number of hydrogen-bond acceptors (Lipinski definition) is 3. The van der Waals surface area contributed by atoms with Crippen molar-refractivity contribution in [2.45, 2.75) is 32.7 Å². The van der Waals surface area contributed by atoms with Crippen molar-refractivity contribution in [2.75, 3.05) is 18.4 Å². The highest BCUT2D eigenvalue weighted by atomic mass is 35.5. The summed E-state index contributed by atoms with van der Waals surface area (Å²) < 4.78 is 1.68. The standard InChI is InChI=1S/C22H23ClN4O2/c1-14-10-15(2)12-16(11-14)25-22(29)26-8-6-17(7-9-26)27-13-24-20-18(21(27)28)4-3-5-19(20)23/h3-5,10-13,17H,6-9H2,1-2H3,(H,25,29). The second-order valence-electron chi connectivity index (χ2n) is 7.62. The van der Waals surface area contributed by atoms with Crippen LogP contribution in [-0.4, -0.2) is 33.6 Å². The molecule has 0 aliphatic carbocycles. The maximum Gasteiger partial charge on any atom is 0.321 e. The first kappa shape index (κ1) is 19.5. The van der Waals surface area contributed by atoms with Crippen LogP contribution in [0.15, 0.2) is 47.5 Å². The molecule has 7 heteroatoms.